The average molecular weight is 134 g/mol. The number of rotatable bonds is 4. The van der Waals surface area contributed by atoms with Gasteiger partial charge in [0.2, 0.25) is 0 Å². The molecule has 3 N–H and O–H groups in total. The van der Waals surface area contributed by atoms with E-state index in [9.17, 15) is 4.79 Å². The Kier molecular flexibility index (Phi) is 0.426. The van der Waals surface area contributed by atoms with E-state index >= 15 is 0 Å². The van der Waals surface area contributed by atoms with Crippen molar-refractivity contribution in [1.29, 1.82) is 4.50 Å². The predicted octanol–water partition coefficient (Wildman–Crippen LogP) is -1.74. The highest BCUT2D eigenvalue weighted by Crippen LogP contribution is 1.80. The van der Waals surface area contributed by atoms with Gasteiger partial charge >= 0.3 is 5.97 Å². The average Bonchev–Trinajstić information content (AvgIpc) is 1.97. The first-order chi connectivity index (χ1) is 6.65. The Morgan fingerprint density at radius 2 is 3.43 bits per heavy atom. The maximum Gasteiger partial charge on any atom is 0.321 e. The normalized spacial score (nSPS) is 47.0. The third kappa shape index (κ3) is 2.47. The van der Waals surface area contributed by atoms with Crippen molar-refractivity contribution in [2.75, 3.05) is 5.70 Å². The van der Waals surface area contributed by atoms with Crippen molar-refractivity contribution in [2.45, 2.75) is 6.02 Å². The Labute approximate surface area is 58.4 Å². The van der Waals surface area contributed by atoms with Crippen molar-refractivity contribution < 1.29 is 16.8 Å². The fraction of sp³-hybridized carbons (Fsp3) is 0.667. The number of carbonyl (C=O) groups is 1. The van der Waals surface area contributed by atoms with Gasteiger partial charge in [-0.3, -0.25) is 4.79 Å². The van der Waals surface area contributed by atoms with Crippen LogP contribution in [0, 0.1) is 0 Å². The van der Waals surface area contributed by atoms with Gasteiger partial charge in [-0.25, -0.2) is 0 Å². The Morgan fingerprint density at radius 1 is 2.71 bits per heavy atom. The third-order valence-corrected chi connectivity index (χ3v) is 0.520. The van der Waals surface area contributed by atoms with Crippen LogP contribution < -0.4 is 5.72 Å². The second kappa shape index (κ2) is 2.87. The van der Waals surface area contributed by atoms with Crippen molar-refractivity contribution >= 4 is 18.2 Å². The maximum absolute atomic E-state index is 10.7. The van der Waals surface area contributed by atoms with Crippen LogP contribution in [0.3, 0.4) is 0 Å². The molecule has 0 aromatic carbocycles. The molecule has 0 aliphatic carbocycles. The van der Waals surface area contributed by atoms with Gasteiger partial charge in [-0.2, -0.15) is 0 Å². The van der Waals surface area contributed by atoms with Gasteiger partial charge in [0.05, 0.1) is 5.87 Å². The zero-order valence-electron chi connectivity index (χ0n) is 12.2. The Morgan fingerprint density at radius 3 is 3.57 bits per heavy atom. The van der Waals surface area contributed by atoms with Crippen molar-refractivity contribution in [3.63, 3.8) is 0 Å². The Balaban J connectivity index is 5.87. The molecule has 0 radical (unpaired) electrons. The molecule has 0 aromatic rings. The van der Waals surface area contributed by atoms with E-state index in [1.807, 2.05) is 0 Å². The molecule has 0 aliphatic heterocycles. The third-order valence-electron chi connectivity index (χ3n) is 0.308. The summed E-state index contributed by atoms with van der Waals surface area (Å²) in [6.45, 7) is 0. The molecule has 0 saturated heterocycles. The van der Waals surface area contributed by atoms with Gasteiger partial charge in [0, 0.05) is 2.74 Å². The lowest BCUT2D eigenvalue weighted by molar-refractivity contribution is -0.137. The minimum atomic E-state index is -6.14. The van der Waals surface area contributed by atoms with Crippen LogP contribution in [-0.4, -0.2) is 27.3 Å². The number of nitrogens with two attached hydrogens (primary N) is 1. The topological polar surface area (TPSA) is 63.3 Å². The lowest BCUT2D eigenvalue weighted by Gasteiger charge is -1.98. The first-order valence-electron chi connectivity index (χ1n) is 5.56. The van der Waals surface area contributed by atoms with E-state index in [1.165, 1.54) is 0 Å². The minimum Gasteiger partial charge on any atom is -0.480 e. The molecular formula is C3H11NO2S. The van der Waals surface area contributed by atoms with Gasteiger partial charge in [0.15, 0.2) is 0 Å². The summed E-state index contributed by atoms with van der Waals surface area (Å²) in [4.78, 5) is 10.7. The van der Waals surface area contributed by atoms with Crippen LogP contribution >= 0.6 is 12.2 Å². The number of carboxylic acid groups (broad SMARTS) is 1. The van der Waals surface area contributed by atoms with E-state index in [0.29, 0.717) is 0 Å². The molecule has 0 unspecified atom stereocenters. The van der Waals surface area contributed by atoms with Crippen LogP contribution in [0.25, 0.3) is 0 Å². The summed E-state index contributed by atoms with van der Waals surface area (Å²) in [5, 5.41) is 8.59. The predicted molar refractivity (Wildman–Crippen MR) is 35.0 cm³/mol. The minimum absolute atomic E-state index is 0.858. The van der Waals surface area contributed by atoms with Crippen LogP contribution in [-0.2, 0) is 4.79 Å². The monoisotopic (exact) mass is 134 g/mol. The molecule has 0 bridgehead atoms. The van der Waals surface area contributed by atoms with Gasteiger partial charge in [-0.15, -0.1) is 0 Å². The SMILES string of the molecule is [2H]N([2H])[C@]([2H])(C(=O)O)C([2H])([2H])[SH]([2H])([2H])([2H])[2H]. The molecule has 1 atom stereocenters. The lowest BCUT2D eigenvalue weighted by Crippen LogP contribution is -2.31. The highest BCUT2D eigenvalue weighted by Gasteiger charge is 2.05. The molecule has 0 aliphatic rings. The highest BCUT2D eigenvalue weighted by molar-refractivity contribution is 7.80. The Hall–Kier alpha value is -0.220. The molecule has 4 heteroatoms. The van der Waals surface area contributed by atoms with Gasteiger partial charge in [0.1, 0.15) is 8.84 Å². The summed E-state index contributed by atoms with van der Waals surface area (Å²) >= 11 is -6.14. The second-order valence-corrected chi connectivity index (χ2v) is 0.989. The van der Waals surface area contributed by atoms with E-state index < -0.39 is 35.7 Å². The summed E-state index contributed by atoms with van der Waals surface area (Å²) in [6.07, 6.45) is 0. The second-order valence-electron chi connectivity index (χ2n) is 0.766. The van der Waals surface area contributed by atoms with E-state index in [0.717, 1.165) is 0 Å². The zero-order valence-corrected chi connectivity index (χ0v) is 4.14. The molecule has 0 aromatic heterocycles. The van der Waals surface area contributed by atoms with Gasteiger partial charge in [-0.05, 0) is 5.70 Å². The van der Waals surface area contributed by atoms with Gasteiger partial charge in [0.25, 0.3) is 0 Å². The van der Waals surface area contributed by atoms with Crippen molar-refractivity contribution in [3.8, 4) is 0 Å². The highest BCUT2D eigenvalue weighted by atomic mass is 32.1. The van der Waals surface area contributed by atoms with Crippen molar-refractivity contribution in [1.82, 2.24) is 0 Å². The van der Waals surface area contributed by atoms with Crippen LogP contribution in [0.15, 0.2) is 0 Å². The fourth-order valence-electron chi connectivity index (χ4n) is 0.0478. The maximum atomic E-state index is 10.7. The summed E-state index contributed by atoms with van der Waals surface area (Å²) in [5.41, 5.74) is -4.67. The van der Waals surface area contributed by atoms with E-state index in [1.54, 1.807) is 0 Å². The van der Waals surface area contributed by atoms with E-state index in [4.69, 9.17) is 16.5 Å². The lowest BCUT2D eigenvalue weighted by atomic mass is 10.4. The molecule has 0 spiro atoms. The molecule has 46 valence electrons. The molecule has 0 amide bonds. The summed E-state index contributed by atoms with van der Waals surface area (Å²) in [6, 6.07) is -3.68. The summed E-state index contributed by atoms with van der Waals surface area (Å²) in [7, 11) is 0. The first kappa shape index (κ1) is 1.04. The smallest absolute Gasteiger partial charge is 0.321 e. The molecule has 0 heterocycles. The van der Waals surface area contributed by atoms with Gasteiger partial charge in [-0.1, -0.05) is 0 Å². The van der Waals surface area contributed by atoms with Gasteiger partial charge < -0.3 is 23.1 Å². The molecule has 7 heavy (non-hydrogen) atoms. The zero-order chi connectivity index (χ0) is 13.6. The van der Waals surface area contributed by atoms with Crippen LogP contribution in [0.4, 0.5) is 0 Å². The van der Waals surface area contributed by atoms with Crippen molar-refractivity contribution in [3.05, 3.63) is 0 Å². The largest absolute Gasteiger partial charge is 0.480 e. The molecule has 0 rings (SSSR count). The quantitative estimate of drug-likeness (QED) is 0.479. The molecule has 3 nitrogen and oxygen atoms in total. The van der Waals surface area contributed by atoms with Crippen LogP contribution in [0.5, 0.6) is 0 Å². The molecule has 0 saturated carbocycles. The first-order valence-corrected chi connectivity index (χ1v) is 1.82. The van der Waals surface area contributed by atoms with Crippen molar-refractivity contribution in [2.24, 2.45) is 5.72 Å². The summed E-state index contributed by atoms with van der Waals surface area (Å²) < 4.78 is 62.3. The summed E-state index contributed by atoms with van der Waals surface area (Å²) in [5.74, 6) is -2.31. The molecule has 0 fully saturated rings. The number of carboxylic acids is 1. The van der Waals surface area contributed by atoms with E-state index in [2.05, 4.69) is 0 Å². The van der Waals surface area contributed by atoms with Crippen LogP contribution in [0.1, 0.15) is 4.11 Å². The number of aliphatic carboxylic acids is 1. The number of hydrogen-bond acceptors (Lipinski definition) is 2. The molecular weight excluding hydrogens is 114 g/mol. The Bertz CT molecular complexity index is 302. The standard InChI is InChI=1S/C3H11NO2S/c4-2(1-7)3(5)6/h2H,1,4H2,7H5,(H,5,6)/t2-/m0/s1/i1D2,2D,7D4/hD2. The fourth-order valence-corrected chi connectivity index (χ4v) is 0.143. The van der Waals surface area contributed by atoms with Crippen LogP contribution in [0.2, 0.25) is 2.82 Å². The number of hydrogen-bond donors (Lipinski definition) is 2. The van der Waals surface area contributed by atoms with E-state index in [-0.39, 0.29) is 0 Å².